The minimum Gasteiger partial charge on any atom is -0.391 e. The average Bonchev–Trinajstić information content (AvgIpc) is 2.93. The van der Waals surface area contributed by atoms with Crippen molar-refractivity contribution >= 4 is 16.9 Å². The van der Waals surface area contributed by atoms with Gasteiger partial charge in [-0.05, 0) is 23.3 Å². The molecule has 3 nitrogen and oxygen atoms in total. The molecular weight excluding hydrogens is 258 g/mol. The fraction of sp³-hybridized carbons (Fsp3) is 0.222. The largest absolute Gasteiger partial charge is 0.391 e. The second-order valence-electron chi connectivity index (χ2n) is 5.20. The highest BCUT2D eigenvalue weighted by atomic mass is 14.9. The molecule has 0 saturated heterocycles. The van der Waals surface area contributed by atoms with Crippen LogP contribution in [0.4, 0.5) is 11.4 Å². The third kappa shape index (κ3) is 2.25. The first-order valence-corrected chi connectivity index (χ1v) is 7.27. The van der Waals surface area contributed by atoms with Gasteiger partial charge in [-0.3, -0.25) is 0 Å². The summed E-state index contributed by atoms with van der Waals surface area (Å²) >= 11 is 0. The molecule has 1 aliphatic carbocycles. The van der Waals surface area contributed by atoms with Gasteiger partial charge in [0.15, 0.2) is 0 Å². The Morgan fingerprint density at radius 1 is 0.857 bits per heavy atom. The van der Waals surface area contributed by atoms with Gasteiger partial charge in [0.05, 0.1) is 0 Å². The molecule has 0 amide bonds. The molecule has 2 aromatic carbocycles. The fourth-order valence-corrected chi connectivity index (χ4v) is 3.04. The minimum absolute atomic E-state index is 0.945. The number of anilines is 2. The van der Waals surface area contributed by atoms with Crippen molar-refractivity contribution in [3.8, 4) is 0 Å². The molecule has 3 N–H and O–H groups in total. The molecule has 108 valence electrons. The van der Waals surface area contributed by atoms with E-state index in [0.717, 1.165) is 12.1 Å². The molecule has 3 rings (SSSR count). The van der Waals surface area contributed by atoms with E-state index in [1.165, 1.54) is 33.6 Å². The zero-order chi connectivity index (χ0) is 14.8. The molecule has 3 heteroatoms. The molecule has 0 aromatic heterocycles. The molecular formula is C18H21N3. The topological polar surface area (TPSA) is 36.1 Å². The van der Waals surface area contributed by atoms with Gasteiger partial charge in [-0.25, -0.2) is 0 Å². The number of rotatable bonds is 4. The third-order valence-corrected chi connectivity index (χ3v) is 4.06. The molecule has 0 saturated carbocycles. The van der Waals surface area contributed by atoms with E-state index in [2.05, 4.69) is 58.4 Å². The van der Waals surface area contributed by atoms with E-state index >= 15 is 0 Å². The lowest BCUT2D eigenvalue weighted by molar-refractivity contribution is 0.945. The molecule has 0 atom stereocenters. The van der Waals surface area contributed by atoms with Crippen LogP contribution in [0.5, 0.6) is 0 Å². The smallest absolute Gasteiger partial charge is 0.0441 e. The van der Waals surface area contributed by atoms with Crippen LogP contribution in [0.25, 0.3) is 5.57 Å². The Morgan fingerprint density at radius 2 is 1.62 bits per heavy atom. The predicted molar refractivity (Wildman–Crippen MR) is 90.8 cm³/mol. The Labute approximate surface area is 126 Å². The van der Waals surface area contributed by atoms with Crippen LogP contribution >= 0.6 is 0 Å². The third-order valence-electron chi connectivity index (χ3n) is 4.06. The summed E-state index contributed by atoms with van der Waals surface area (Å²) < 4.78 is 0. The number of hydrogen-bond acceptors (Lipinski definition) is 3. The van der Waals surface area contributed by atoms with Gasteiger partial charge in [0.25, 0.3) is 0 Å². The monoisotopic (exact) mass is 279 g/mol. The second-order valence-corrected chi connectivity index (χ2v) is 5.20. The van der Waals surface area contributed by atoms with Gasteiger partial charge in [0.1, 0.15) is 0 Å². The quantitative estimate of drug-likeness (QED) is 0.803. The zero-order valence-corrected chi connectivity index (χ0v) is 12.7. The summed E-state index contributed by atoms with van der Waals surface area (Å²) in [5.74, 6) is 0. The van der Waals surface area contributed by atoms with Crippen LogP contribution in [0.15, 0.2) is 48.2 Å². The number of hydrogen-bond donors (Lipinski definition) is 3. The zero-order valence-electron chi connectivity index (χ0n) is 12.7. The number of fused-ring (bicyclic) bond motifs is 1. The lowest BCUT2D eigenvalue weighted by Gasteiger charge is -2.15. The molecule has 0 fully saturated rings. The Balaban J connectivity index is 2.22. The van der Waals surface area contributed by atoms with Crippen molar-refractivity contribution in [2.24, 2.45) is 0 Å². The number of likely N-dealkylation sites (N-methyl/N-ethyl adjacent to an activating group) is 1. The van der Waals surface area contributed by atoms with E-state index < -0.39 is 0 Å². The summed E-state index contributed by atoms with van der Waals surface area (Å²) in [5, 5.41) is 9.96. The summed E-state index contributed by atoms with van der Waals surface area (Å²) in [4.78, 5) is 0. The predicted octanol–water partition coefficient (Wildman–Crippen LogP) is 3.30. The normalized spacial score (nSPS) is 13.1. The highest BCUT2D eigenvalue weighted by Gasteiger charge is 2.25. The van der Waals surface area contributed by atoms with E-state index in [-0.39, 0.29) is 0 Å². The first-order chi connectivity index (χ1) is 10.3. The van der Waals surface area contributed by atoms with Crippen molar-refractivity contribution in [1.29, 1.82) is 0 Å². The molecule has 0 unspecified atom stereocenters. The van der Waals surface area contributed by atoms with Crippen LogP contribution in [0.1, 0.15) is 16.7 Å². The van der Waals surface area contributed by atoms with Crippen molar-refractivity contribution in [2.75, 3.05) is 31.8 Å². The highest BCUT2D eigenvalue weighted by molar-refractivity contribution is 5.93. The molecule has 1 aliphatic rings. The van der Waals surface area contributed by atoms with Crippen molar-refractivity contribution < 1.29 is 0 Å². The van der Waals surface area contributed by atoms with Crippen LogP contribution in [0, 0.1) is 0 Å². The van der Waals surface area contributed by atoms with Gasteiger partial charge in [-0.2, -0.15) is 0 Å². The maximum atomic E-state index is 3.38. The summed E-state index contributed by atoms with van der Waals surface area (Å²) in [6.07, 6.45) is 0.945. The first kappa shape index (κ1) is 13.6. The first-order valence-electron chi connectivity index (χ1n) is 7.27. The molecule has 0 bridgehead atoms. The Bertz CT molecular complexity index is 687. The Hall–Kier alpha value is -2.42. The van der Waals surface area contributed by atoms with Gasteiger partial charge >= 0.3 is 0 Å². The lowest BCUT2D eigenvalue weighted by Crippen LogP contribution is -2.07. The summed E-state index contributed by atoms with van der Waals surface area (Å²) in [6, 6.07) is 15.0. The van der Waals surface area contributed by atoms with Crippen molar-refractivity contribution in [2.45, 2.75) is 6.42 Å². The minimum atomic E-state index is 0.945. The van der Waals surface area contributed by atoms with E-state index in [4.69, 9.17) is 0 Å². The van der Waals surface area contributed by atoms with E-state index in [1.807, 2.05) is 21.1 Å². The Kier molecular flexibility index (Phi) is 3.57. The van der Waals surface area contributed by atoms with Crippen LogP contribution in [0.2, 0.25) is 0 Å². The van der Waals surface area contributed by atoms with Crippen molar-refractivity contribution in [1.82, 2.24) is 5.32 Å². The van der Waals surface area contributed by atoms with Crippen LogP contribution in [0.3, 0.4) is 0 Å². The molecule has 0 spiro atoms. The maximum Gasteiger partial charge on any atom is 0.0441 e. The number of benzene rings is 2. The van der Waals surface area contributed by atoms with Crippen molar-refractivity contribution in [3.05, 3.63) is 64.9 Å². The van der Waals surface area contributed by atoms with Crippen molar-refractivity contribution in [3.63, 3.8) is 0 Å². The van der Waals surface area contributed by atoms with Gasteiger partial charge in [-0.15, -0.1) is 0 Å². The summed E-state index contributed by atoms with van der Waals surface area (Å²) in [6.45, 7) is 0. The van der Waals surface area contributed by atoms with E-state index in [1.54, 1.807) is 0 Å². The molecule has 0 aliphatic heterocycles. The van der Waals surface area contributed by atoms with E-state index in [9.17, 15) is 0 Å². The molecule has 0 heterocycles. The van der Waals surface area contributed by atoms with Gasteiger partial charge < -0.3 is 16.0 Å². The van der Waals surface area contributed by atoms with Crippen LogP contribution in [-0.2, 0) is 6.42 Å². The highest BCUT2D eigenvalue weighted by Crippen LogP contribution is 2.42. The number of nitrogens with one attached hydrogen (secondary N) is 3. The van der Waals surface area contributed by atoms with E-state index in [0.29, 0.717) is 0 Å². The fourth-order valence-electron chi connectivity index (χ4n) is 3.04. The number of allylic oxidation sites excluding steroid dienone is 1. The second kappa shape index (κ2) is 5.52. The van der Waals surface area contributed by atoms with Gasteiger partial charge in [0.2, 0.25) is 0 Å². The summed E-state index contributed by atoms with van der Waals surface area (Å²) in [7, 11) is 5.94. The van der Waals surface area contributed by atoms with Crippen LogP contribution < -0.4 is 16.0 Å². The average molecular weight is 279 g/mol. The maximum absolute atomic E-state index is 3.38. The van der Waals surface area contributed by atoms with Gasteiger partial charge in [0, 0.05) is 55.8 Å². The Morgan fingerprint density at radius 3 is 2.24 bits per heavy atom. The SMILES string of the molecule is CNC1=C(c2ccccc2)c2c(cc(NC)cc2NC)C1. The standard InChI is InChI=1S/C18H21N3/c1-19-14-9-13-10-15(20-2)17(12-7-5-4-6-8-12)18(13)16(11-14)21-3/h4-9,11,19-21H,10H2,1-3H3. The molecule has 0 radical (unpaired) electrons. The van der Waals surface area contributed by atoms with Crippen LogP contribution in [-0.4, -0.2) is 21.1 Å². The molecule has 21 heavy (non-hydrogen) atoms. The summed E-state index contributed by atoms with van der Waals surface area (Å²) in [5.41, 5.74) is 8.82. The van der Waals surface area contributed by atoms with Gasteiger partial charge in [-0.1, -0.05) is 30.3 Å². The molecule has 2 aromatic rings. The lowest BCUT2D eigenvalue weighted by atomic mass is 9.96.